The molecule has 0 aromatic heterocycles. The molecule has 0 fully saturated rings. The minimum absolute atomic E-state index is 0. The van der Waals surface area contributed by atoms with Crippen LogP contribution in [0.5, 0.6) is 0 Å². The van der Waals surface area contributed by atoms with E-state index in [4.69, 9.17) is 0 Å². The van der Waals surface area contributed by atoms with Gasteiger partial charge in [0, 0.05) is 36.6 Å². The zero-order valence-electron chi connectivity index (χ0n) is 4.68. The van der Waals surface area contributed by atoms with Crippen LogP contribution < -0.4 is 0 Å². The predicted octanol–water partition coefficient (Wildman–Crippen LogP) is 0.277. The summed E-state index contributed by atoms with van der Waals surface area (Å²) in [7, 11) is 3.30. The Hall–Kier alpha value is 0.660. The summed E-state index contributed by atoms with van der Waals surface area (Å²) in [6.45, 7) is 1.38. The average Bonchev–Trinajstić information content (AvgIpc) is 1.61. The van der Waals surface area contributed by atoms with E-state index >= 15 is 0 Å². The fourth-order valence-electron chi connectivity index (χ4n) is 0.167. The first-order valence-electron chi connectivity index (χ1n) is 1.89. The second kappa shape index (κ2) is 9.83. The van der Waals surface area contributed by atoms with Crippen molar-refractivity contribution in [3.8, 4) is 0 Å². The first-order chi connectivity index (χ1) is 2.91. The maximum absolute atomic E-state index is 4.66. The van der Waals surface area contributed by atoms with E-state index < -0.39 is 0 Å². The molecule has 43 valence electrons. The molecule has 0 saturated carbocycles. The third-order valence-corrected chi connectivity index (χ3v) is 0.492. The Kier molecular flexibility index (Phi) is 14.9. The van der Waals surface area contributed by atoms with E-state index in [0.717, 1.165) is 0 Å². The Morgan fingerprint density at radius 3 is 1.43 bits per heavy atom. The maximum atomic E-state index is 4.66. The van der Waals surface area contributed by atoms with Gasteiger partial charge in [-0.1, -0.05) is 0 Å². The summed E-state index contributed by atoms with van der Waals surface area (Å²) < 4.78 is 9.31. The second-order valence-electron chi connectivity index (χ2n) is 0.986. The van der Waals surface area contributed by atoms with Gasteiger partial charge in [-0.25, -0.2) is 0 Å². The fraction of sp³-hybridized carbons (Fsp3) is 1.00. The van der Waals surface area contributed by atoms with Crippen LogP contribution in [0.25, 0.3) is 0 Å². The number of hydrogen-bond donors (Lipinski definition) is 0. The van der Waals surface area contributed by atoms with Crippen LogP contribution in [0.15, 0.2) is 0 Å². The Bertz CT molecular complexity index is 21.7. The standard InChI is InChI=1S/C4H10O2.Nb/c1-5-3-4-6-2;/h3-4H2,1-2H3;. The number of hydrogen-bond acceptors (Lipinski definition) is 2. The van der Waals surface area contributed by atoms with Gasteiger partial charge in [-0.2, -0.15) is 0 Å². The van der Waals surface area contributed by atoms with Gasteiger partial charge in [0.25, 0.3) is 0 Å². The van der Waals surface area contributed by atoms with Crippen LogP contribution in [0.1, 0.15) is 0 Å². The van der Waals surface area contributed by atoms with Gasteiger partial charge in [-0.3, -0.25) is 0 Å². The van der Waals surface area contributed by atoms with Gasteiger partial charge < -0.3 is 9.47 Å². The van der Waals surface area contributed by atoms with Crippen molar-refractivity contribution in [1.29, 1.82) is 0 Å². The SMILES string of the molecule is COCCOC.[Nb]. The quantitative estimate of drug-likeness (QED) is 0.462. The minimum Gasteiger partial charge on any atom is -0.382 e. The van der Waals surface area contributed by atoms with E-state index in [-0.39, 0.29) is 22.4 Å². The zero-order valence-corrected chi connectivity index (χ0v) is 6.88. The van der Waals surface area contributed by atoms with Crippen LogP contribution in [-0.2, 0) is 31.9 Å². The minimum atomic E-state index is 0. The number of methoxy groups -OCH3 is 2. The summed E-state index contributed by atoms with van der Waals surface area (Å²) in [5, 5.41) is 0. The van der Waals surface area contributed by atoms with Gasteiger partial charge in [0.2, 0.25) is 0 Å². The Labute approximate surface area is 59.7 Å². The molecule has 0 aromatic rings. The maximum Gasteiger partial charge on any atom is 0.0696 e. The molecule has 0 heterocycles. The van der Waals surface area contributed by atoms with E-state index in [1.54, 1.807) is 14.2 Å². The molecule has 0 rings (SSSR count). The van der Waals surface area contributed by atoms with Crippen molar-refractivity contribution < 1.29 is 31.9 Å². The van der Waals surface area contributed by atoms with Crippen molar-refractivity contribution in [2.75, 3.05) is 27.4 Å². The normalized spacial score (nSPS) is 7.71. The van der Waals surface area contributed by atoms with Crippen LogP contribution in [0, 0.1) is 0 Å². The van der Waals surface area contributed by atoms with Crippen LogP contribution in [0.2, 0.25) is 0 Å². The van der Waals surface area contributed by atoms with Crippen molar-refractivity contribution in [3.63, 3.8) is 0 Å². The van der Waals surface area contributed by atoms with Gasteiger partial charge >= 0.3 is 0 Å². The molecule has 0 unspecified atom stereocenters. The van der Waals surface area contributed by atoms with Crippen LogP contribution in [0.3, 0.4) is 0 Å². The zero-order chi connectivity index (χ0) is 4.83. The summed E-state index contributed by atoms with van der Waals surface area (Å²) in [5.74, 6) is 0. The third-order valence-electron chi connectivity index (χ3n) is 0.492. The van der Waals surface area contributed by atoms with Gasteiger partial charge in [-0.05, 0) is 0 Å². The van der Waals surface area contributed by atoms with Gasteiger partial charge in [-0.15, -0.1) is 0 Å². The molecule has 0 aliphatic rings. The van der Waals surface area contributed by atoms with Crippen LogP contribution >= 0.6 is 0 Å². The third kappa shape index (κ3) is 10.8. The molecule has 0 aliphatic carbocycles. The van der Waals surface area contributed by atoms with Crippen molar-refractivity contribution in [1.82, 2.24) is 0 Å². The molecule has 0 spiro atoms. The molecule has 2 nitrogen and oxygen atoms in total. The van der Waals surface area contributed by atoms with E-state index in [2.05, 4.69) is 9.47 Å². The monoisotopic (exact) mass is 183 g/mol. The molecule has 0 aromatic carbocycles. The van der Waals surface area contributed by atoms with E-state index in [9.17, 15) is 0 Å². The molecule has 0 atom stereocenters. The molecule has 0 aliphatic heterocycles. The largest absolute Gasteiger partial charge is 0.382 e. The van der Waals surface area contributed by atoms with Gasteiger partial charge in [0.15, 0.2) is 0 Å². The Morgan fingerprint density at radius 2 is 1.29 bits per heavy atom. The number of rotatable bonds is 3. The molecule has 0 saturated heterocycles. The summed E-state index contributed by atoms with van der Waals surface area (Å²) in [4.78, 5) is 0. The molecule has 7 heavy (non-hydrogen) atoms. The Balaban J connectivity index is 0. The first kappa shape index (κ1) is 10.6. The van der Waals surface area contributed by atoms with Crippen LogP contribution in [-0.4, -0.2) is 27.4 Å². The summed E-state index contributed by atoms with van der Waals surface area (Å²) in [5.41, 5.74) is 0. The van der Waals surface area contributed by atoms with Gasteiger partial charge in [0.05, 0.1) is 13.2 Å². The molecule has 0 N–H and O–H groups in total. The molecular weight excluding hydrogens is 173 g/mol. The summed E-state index contributed by atoms with van der Waals surface area (Å²) >= 11 is 0. The molecule has 3 heteroatoms. The van der Waals surface area contributed by atoms with Crippen molar-refractivity contribution in [2.24, 2.45) is 0 Å². The Morgan fingerprint density at radius 1 is 1.00 bits per heavy atom. The first-order valence-corrected chi connectivity index (χ1v) is 1.89. The van der Waals surface area contributed by atoms with E-state index in [1.165, 1.54) is 0 Å². The van der Waals surface area contributed by atoms with E-state index in [0.29, 0.717) is 13.2 Å². The summed E-state index contributed by atoms with van der Waals surface area (Å²) in [6, 6.07) is 0. The topological polar surface area (TPSA) is 18.5 Å². The smallest absolute Gasteiger partial charge is 0.0696 e. The molecular formula is C4H10NbO2. The van der Waals surface area contributed by atoms with Gasteiger partial charge in [0.1, 0.15) is 0 Å². The average molecular weight is 183 g/mol. The molecule has 0 amide bonds. The predicted molar refractivity (Wildman–Crippen MR) is 23.8 cm³/mol. The summed E-state index contributed by atoms with van der Waals surface area (Å²) in [6.07, 6.45) is 0. The van der Waals surface area contributed by atoms with Crippen molar-refractivity contribution in [3.05, 3.63) is 0 Å². The molecule has 1 radical (unpaired) electrons. The van der Waals surface area contributed by atoms with Crippen molar-refractivity contribution >= 4 is 0 Å². The van der Waals surface area contributed by atoms with E-state index in [1.807, 2.05) is 0 Å². The molecule has 0 bridgehead atoms. The number of ether oxygens (including phenoxy) is 2. The second-order valence-corrected chi connectivity index (χ2v) is 0.986. The van der Waals surface area contributed by atoms with Crippen molar-refractivity contribution in [2.45, 2.75) is 0 Å². The fourth-order valence-corrected chi connectivity index (χ4v) is 0.167. The van der Waals surface area contributed by atoms with Crippen LogP contribution in [0.4, 0.5) is 0 Å².